The van der Waals surface area contributed by atoms with Gasteiger partial charge < -0.3 is 9.84 Å². The second-order valence-corrected chi connectivity index (χ2v) is 13.4. The highest BCUT2D eigenvalue weighted by atomic mass is 16.5. The molecule has 1 N–H and O–H groups in total. The van der Waals surface area contributed by atoms with E-state index in [1.54, 1.807) is 0 Å². The fourth-order valence-corrected chi connectivity index (χ4v) is 10.1. The summed E-state index contributed by atoms with van der Waals surface area (Å²) in [7, 11) is 0. The summed E-state index contributed by atoms with van der Waals surface area (Å²) >= 11 is 0. The van der Waals surface area contributed by atoms with Crippen LogP contribution >= 0.6 is 0 Å². The highest BCUT2D eigenvalue weighted by Crippen LogP contribution is 2.69. The van der Waals surface area contributed by atoms with E-state index in [4.69, 9.17) is 4.74 Å². The average molecular weight is 481 g/mol. The van der Waals surface area contributed by atoms with E-state index < -0.39 is 0 Å². The number of aliphatic hydroxyl groups excluding tert-OH is 1. The minimum Gasteiger partial charge on any atom is -0.461 e. The van der Waals surface area contributed by atoms with Crippen LogP contribution < -0.4 is 0 Å². The number of carbonyl (C=O) groups excluding carboxylic acids is 1. The number of carbonyl (C=O) groups is 1. The Morgan fingerprint density at radius 1 is 1.00 bits per heavy atom. The summed E-state index contributed by atoms with van der Waals surface area (Å²) in [6, 6.07) is 9.95. The molecule has 0 spiro atoms. The number of hydrogen-bond acceptors (Lipinski definition) is 3. The van der Waals surface area contributed by atoms with Crippen molar-refractivity contribution in [2.45, 2.75) is 105 Å². The molecular formula is C32H48O3. The summed E-state index contributed by atoms with van der Waals surface area (Å²) < 4.78 is 5.56. The van der Waals surface area contributed by atoms with E-state index in [9.17, 15) is 9.90 Å². The van der Waals surface area contributed by atoms with Crippen molar-refractivity contribution >= 4 is 5.97 Å². The molecule has 5 rings (SSSR count). The molecule has 10 atom stereocenters. The third kappa shape index (κ3) is 4.38. The number of aliphatic hydroxyl groups is 1. The molecule has 0 aromatic heterocycles. The van der Waals surface area contributed by atoms with E-state index in [0.29, 0.717) is 65.3 Å². The second kappa shape index (κ2) is 9.84. The van der Waals surface area contributed by atoms with E-state index in [1.165, 1.54) is 51.4 Å². The van der Waals surface area contributed by atoms with Crippen LogP contribution in [0.2, 0.25) is 0 Å². The smallest absolute Gasteiger partial charge is 0.306 e. The van der Waals surface area contributed by atoms with Crippen molar-refractivity contribution in [1.82, 2.24) is 0 Å². The lowest BCUT2D eigenvalue weighted by Gasteiger charge is -2.64. The van der Waals surface area contributed by atoms with E-state index in [0.717, 1.165) is 12.0 Å². The fourth-order valence-electron chi connectivity index (χ4n) is 10.1. The first-order chi connectivity index (χ1) is 16.8. The predicted molar refractivity (Wildman–Crippen MR) is 140 cm³/mol. The van der Waals surface area contributed by atoms with Crippen molar-refractivity contribution < 1.29 is 14.6 Å². The molecule has 3 heteroatoms. The predicted octanol–water partition coefficient (Wildman–Crippen LogP) is 7.41. The number of fused-ring (bicyclic) bond motifs is 5. The molecular weight excluding hydrogens is 432 g/mol. The zero-order valence-electron chi connectivity index (χ0n) is 22.5. The average Bonchev–Trinajstić information content (AvgIpc) is 3.22. The van der Waals surface area contributed by atoms with Crippen molar-refractivity contribution in [3.8, 4) is 0 Å². The Balaban J connectivity index is 1.23. The lowest BCUT2D eigenvalue weighted by Crippen LogP contribution is -2.60. The summed E-state index contributed by atoms with van der Waals surface area (Å²) in [6.45, 7) is 10.2. The molecule has 0 bridgehead atoms. The van der Waals surface area contributed by atoms with Crippen molar-refractivity contribution in [1.29, 1.82) is 0 Å². The van der Waals surface area contributed by atoms with Crippen molar-refractivity contribution in [3.63, 3.8) is 0 Å². The quantitative estimate of drug-likeness (QED) is 0.431. The monoisotopic (exact) mass is 480 g/mol. The van der Waals surface area contributed by atoms with Gasteiger partial charge in [-0.15, -0.1) is 0 Å². The molecule has 194 valence electrons. The minimum atomic E-state index is -0.136. The first-order valence-electron chi connectivity index (χ1n) is 14.6. The molecule has 35 heavy (non-hydrogen) atoms. The summed E-state index contributed by atoms with van der Waals surface area (Å²) in [4.78, 5) is 12.5. The maximum absolute atomic E-state index is 12.5. The zero-order valence-corrected chi connectivity index (χ0v) is 22.5. The molecule has 5 unspecified atom stereocenters. The van der Waals surface area contributed by atoms with Crippen molar-refractivity contribution in [3.05, 3.63) is 35.9 Å². The minimum absolute atomic E-state index is 0.0723. The molecule has 4 fully saturated rings. The van der Waals surface area contributed by atoms with Crippen LogP contribution in [0.1, 0.15) is 97.5 Å². The Morgan fingerprint density at radius 3 is 2.51 bits per heavy atom. The van der Waals surface area contributed by atoms with Crippen LogP contribution in [-0.2, 0) is 16.1 Å². The molecule has 4 aliphatic rings. The van der Waals surface area contributed by atoms with Gasteiger partial charge in [-0.1, -0.05) is 70.9 Å². The number of benzene rings is 1. The summed E-state index contributed by atoms with van der Waals surface area (Å²) in [5, 5.41) is 11.7. The maximum Gasteiger partial charge on any atom is 0.306 e. The number of rotatable bonds is 6. The molecule has 4 aliphatic carbocycles. The molecule has 0 radical (unpaired) electrons. The van der Waals surface area contributed by atoms with Gasteiger partial charge in [-0.25, -0.2) is 0 Å². The first kappa shape index (κ1) is 25.3. The molecule has 1 aromatic rings. The molecule has 3 nitrogen and oxygen atoms in total. The molecule has 0 saturated heterocycles. The zero-order chi connectivity index (χ0) is 24.8. The highest BCUT2D eigenvalue weighted by molar-refractivity contribution is 5.69. The first-order valence-corrected chi connectivity index (χ1v) is 14.6. The van der Waals surface area contributed by atoms with Gasteiger partial charge in [-0.2, -0.15) is 0 Å². The van der Waals surface area contributed by atoms with Crippen LogP contribution in [0.25, 0.3) is 0 Å². The lowest BCUT2D eigenvalue weighted by atomic mass is 9.42. The van der Waals surface area contributed by atoms with Crippen LogP contribution in [0.15, 0.2) is 30.3 Å². The Morgan fingerprint density at radius 2 is 1.74 bits per heavy atom. The largest absolute Gasteiger partial charge is 0.461 e. The highest BCUT2D eigenvalue weighted by Gasteiger charge is 2.63. The molecule has 0 amide bonds. The van der Waals surface area contributed by atoms with Gasteiger partial charge in [-0.05, 0) is 103 Å². The van der Waals surface area contributed by atoms with Gasteiger partial charge in [0.15, 0.2) is 0 Å². The van der Waals surface area contributed by atoms with E-state index >= 15 is 0 Å². The number of ether oxygens (including phenoxy) is 1. The maximum atomic E-state index is 12.5. The van der Waals surface area contributed by atoms with Crippen LogP contribution in [0, 0.1) is 52.3 Å². The summed E-state index contributed by atoms with van der Waals surface area (Å²) in [5.74, 6) is 4.02. The van der Waals surface area contributed by atoms with Gasteiger partial charge in [-0.3, -0.25) is 4.79 Å². The topological polar surface area (TPSA) is 46.5 Å². The summed E-state index contributed by atoms with van der Waals surface area (Å²) in [5.41, 5.74) is 1.77. The molecule has 0 heterocycles. The number of esters is 1. The Labute approximate surface area is 213 Å². The van der Waals surface area contributed by atoms with Crippen LogP contribution in [0.5, 0.6) is 0 Å². The third-order valence-corrected chi connectivity index (χ3v) is 11.9. The fraction of sp³-hybridized carbons (Fsp3) is 0.781. The van der Waals surface area contributed by atoms with Gasteiger partial charge in [0.1, 0.15) is 6.61 Å². The number of hydrogen-bond donors (Lipinski definition) is 1. The Hall–Kier alpha value is -1.35. The summed E-state index contributed by atoms with van der Waals surface area (Å²) in [6.07, 6.45) is 11.8. The van der Waals surface area contributed by atoms with Gasteiger partial charge >= 0.3 is 5.97 Å². The van der Waals surface area contributed by atoms with E-state index in [-0.39, 0.29) is 12.1 Å². The SMILES string of the molecule is C[C@H](CCC(=O)OCc1ccccc1)C1CCC2C3C(CC[C@@]21C)[C@@]1(C)CCCCC1[C@@H](C)[C@H]3O. The third-order valence-electron chi connectivity index (χ3n) is 11.9. The van der Waals surface area contributed by atoms with E-state index in [2.05, 4.69) is 27.7 Å². The van der Waals surface area contributed by atoms with Crippen LogP contribution in [0.4, 0.5) is 0 Å². The molecule has 4 saturated carbocycles. The normalized spacial score (nSPS) is 43.5. The molecule has 1 aromatic carbocycles. The second-order valence-electron chi connectivity index (χ2n) is 13.4. The van der Waals surface area contributed by atoms with Gasteiger partial charge in [0.25, 0.3) is 0 Å². The Kier molecular flexibility index (Phi) is 7.12. The lowest BCUT2D eigenvalue weighted by molar-refractivity contribution is -0.190. The van der Waals surface area contributed by atoms with Crippen molar-refractivity contribution in [2.24, 2.45) is 52.3 Å². The van der Waals surface area contributed by atoms with Gasteiger partial charge in [0.2, 0.25) is 0 Å². The van der Waals surface area contributed by atoms with Crippen LogP contribution in [-0.4, -0.2) is 17.2 Å². The van der Waals surface area contributed by atoms with Crippen LogP contribution in [0.3, 0.4) is 0 Å². The Bertz CT molecular complexity index is 882. The van der Waals surface area contributed by atoms with Gasteiger partial charge in [0.05, 0.1) is 6.10 Å². The standard InChI is InChI=1S/C32H48O3/c1-21(13-16-28(33)35-20-23-10-6-5-7-11-23)24-14-15-26-29-27(17-19-32(24,26)4)31(3)18-9-8-12-25(31)22(2)30(29)34/h5-7,10-11,21-22,24-27,29-30,34H,8-9,12-20H2,1-4H3/t21-,22-,24?,25?,26?,27?,29?,30-,31+,32-/m1/s1. The molecule has 0 aliphatic heterocycles. The van der Waals surface area contributed by atoms with E-state index in [1.807, 2.05) is 30.3 Å². The van der Waals surface area contributed by atoms with Gasteiger partial charge in [0, 0.05) is 6.42 Å². The van der Waals surface area contributed by atoms with Crippen molar-refractivity contribution in [2.75, 3.05) is 0 Å².